The Labute approximate surface area is 272 Å². The highest BCUT2D eigenvalue weighted by Crippen LogP contribution is 2.48. The molecule has 2 atom stereocenters. The normalized spacial score (nSPS) is 16.4. The number of fused-ring (bicyclic) bond motifs is 1. The van der Waals surface area contributed by atoms with Gasteiger partial charge in [-0.05, 0) is 72.4 Å². The van der Waals surface area contributed by atoms with Crippen molar-refractivity contribution in [2.24, 2.45) is 0 Å². The summed E-state index contributed by atoms with van der Waals surface area (Å²) in [5, 5.41) is 11.9. The summed E-state index contributed by atoms with van der Waals surface area (Å²) in [6.45, 7) is 5.92. The second kappa shape index (κ2) is 13.8. The molecule has 232 valence electrons. The van der Waals surface area contributed by atoms with Crippen LogP contribution in [-0.2, 0) is 27.4 Å². The SMILES string of the molecule is CC(C)(C)OC(=O)NCc1cccc(C2SC(CC(=O)O)C(=O)N(Cc3ccc(-c4ccccc4)cc3)c3ccc(Cl)cc32)c1. The molecule has 2 amide bonds. The first-order valence-corrected chi connectivity index (χ1v) is 16.0. The molecule has 0 bridgehead atoms. The Morgan fingerprint density at radius 1 is 0.911 bits per heavy atom. The number of nitrogens with zero attached hydrogens (tertiary/aromatic N) is 1. The second-order valence-corrected chi connectivity index (χ2v) is 13.6. The number of nitrogens with one attached hydrogen (secondary N) is 1. The summed E-state index contributed by atoms with van der Waals surface area (Å²) in [5.74, 6) is -1.32. The predicted molar refractivity (Wildman–Crippen MR) is 180 cm³/mol. The smallest absolute Gasteiger partial charge is 0.407 e. The van der Waals surface area contributed by atoms with Crippen molar-refractivity contribution >= 4 is 47.0 Å². The molecule has 2 N–H and O–H groups in total. The monoisotopic (exact) mass is 642 g/mol. The van der Waals surface area contributed by atoms with E-state index < -0.39 is 22.9 Å². The van der Waals surface area contributed by atoms with Gasteiger partial charge in [-0.1, -0.05) is 90.5 Å². The van der Waals surface area contributed by atoms with E-state index in [1.807, 2.05) is 91.0 Å². The standard InChI is InChI=1S/C36H35ClN2O5S/c1-36(2,3)44-35(43)38-21-24-8-7-11-27(18-24)33-29-19-28(37)16-17-30(29)39(34(42)31(45-33)20-32(40)41)22-23-12-14-26(15-13-23)25-9-5-4-6-10-25/h4-19,31,33H,20-22H2,1-3H3,(H,38,43)(H,40,41). The van der Waals surface area contributed by atoms with Gasteiger partial charge in [0.1, 0.15) is 5.60 Å². The number of carbonyl (C=O) groups excluding carboxylic acids is 2. The van der Waals surface area contributed by atoms with Crippen molar-refractivity contribution in [3.63, 3.8) is 0 Å². The maximum absolute atomic E-state index is 14.1. The van der Waals surface area contributed by atoms with Gasteiger partial charge in [0.15, 0.2) is 0 Å². The van der Waals surface area contributed by atoms with Crippen molar-refractivity contribution in [3.05, 3.63) is 124 Å². The third-order valence-electron chi connectivity index (χ3n) is 7.26. The van der Waals surface area contributed by atoms with Crippen LogP contribution in [0.3, 0.4) is 0 Å². The van der Waals surface area contributed by atoms with E-state index in [1.165, 1.54) is 11.8 Å². The number of aliphatic carboxylic acids is 1. The van der Waals surface area contributed by atoms with Crippen LogP contribution in [0.5, 0.6) is 0 Å². The lowest BCUT2D eigenvalue weighted by molar-refractivity contribution is -0.138. The number of carbonyl (C=O) groups is 3. The molecule has 1 aliphatic rings. The lowest BCUT2D eigenvalue weighted by Gasteiger charge is -2.25. The summed E-state index contributed by atoms with van der Waals surface area (Å²) in [5.41, 5.74) is 5.65. The van der Waals surface area contributed by atoms with Crippen LogP contribution < -0.4 is 10.2 Å². The number of carboxylic acids is 1. The van der Waals surface area contributed by atoms with Gasteiger partial charge in [0.25, 0.3) is 0 Å². The number of hydrogen-bond acceptors (Lipinski definition) is 5. The molecule has 0 aliphatic carbocycles. The molecule has 0 radical (unpaired) electrons. The minimum absolute atomic E-state index is 0.241. The van der Waals surface area contributed by atoms with E-state index in [1.54, 1.807) is 31.7 Å². The Balaban J connectivity index is 1.48. The van der Waals surface area contributed by atoms with Gasteiger partial charge >= 0.3 is 12.1 Å². The van der Waals surface area contributed by atoms with Crippen LogP contribution in [-0.4, -0.2) is 33.9 Å². The van der Waals surface area contributed by atoms with E-state index in [9.17, 15) is 19.5 Å². The number of rotatable bonds is 8. The first-order valence-electron chi connectivity index (χ1n) is 14.6. The highest BCUT2D eigenvalue weighted by atomic mass is 35.5. The molecule has 9 heteroatoms. The average Bonchev–Trinajstić information content (AvgIpc) is 3.10. The number of hydrogen-bond donors (Lipinski definition) is 2. The molecule has 5 rings (SSSR count). The quantitative estimate of drug-likeness (QED) is 0.201. The Hall–Kier alpha value is -4.27. The molecule has 45 heavy (non-hydrogen) atoms. The summed E-state index contributed by atoms with van der Waals surface area (Å²) in [6.07, 6.45) is -0.848. The van der Waals surface area contributed by atoms with Crippen LogP contribution in [0.15, 0.2) is 97.1 Å². The van der Waals surface area contributed by atoms with E-state index in [0.29, 0.717) is 10.7 Å². The van der Waals surface area contributed by atoms with Gasteiger partial charge in [0.05, 0.1) is 23.5 Å². The Morgan fingerprint density at radius 3 is 2.31 bits per heavy atom. The predicted octanol–water partition coefficient (Wildman–Crippen LogP) is 8.24. The maximum Gasteiger partial charge on any atom is 0.407 e. The van der Waals surface area contributed by atoms with Crippen molar-refractivity contribution < 1.29 is 24.2 Å². The number of alkyl carbamates (subject to hydrolysis) is 1. The number of anilines is 1. The highest BCUT2D eigenvalue weighted by Gasteiger charge is 2.37. The zero-order valence-electron chi connectivity index (χ0n) is 25.3. The van der Waals surface area contributed by atoms with Crippen molar-refractivity contribution in [2.75, 3.05) is 4.90 Å². The molecule has 2 unspecified atom stereocenters. The number of thioether (sulfide) groups is 1. The molecule has 4 aromatic rings. The molecule has 0 saturated carbocycles. The fourth-order valence-corrected chi connectivity index (χ4v) is 6.89. The summed E-state index contributed by atoms with van der Waals surface area (Å²) in [6, 6.07) is 31.2. The van der Waals surface area contributed by atoms with E-state index in [2.05, 4.69) is 5.32 Å². The van der Waals surface area contributed by atoms with Crippen molar-refractivity contribution in [1.82, 2.24) is 5.32 Å². The second-order valence-electron chi connectivity index (χ2n) is 11.9. The molecule has 4 aromatic carbocycles. The average molecular weight is 643 g/mol. The number of carboxylic acid groups (broad SMARTS) is 1. The maximum atomic E-state index is 14.1. The van der Waals surface area contributed by atoms with E-state index in [4.69, 9.17) is 16.3 Å². The summed E-state index contributed by atoms with van der Waals surface area (Å²) >= 11 is 7.83. The van der Waals surface area contributed by atoms with Crippen LogP contribution in [0.4, 0.5) is 10.5 Å². The van der Waals surface area contributed by atoms with Crippen molar-refractivity contribution in [2.45, 2.75) is 56.4 Å². The lowest BCUT2D eigenvalue weighted by Crippen LogP contribution is -2.37. The molecular formula is C36H35ClN2O5S. The Morgan fingerprint density at radius 2 is 1.62 bits per heavy atom. The number of halogens is 1. The lowest BCUT2D eigenvalue weighted by atomic mass is 9.99. The fourth-order valence-electron chi connectivity index (χ4n) is 5.26. The molecule has 0 aromatic heterocycles. The topological polar surface area (TPSA) is 95.9 Å². The van der Waals surface area contributed by atoms with E-state index in [-0.39, 0.29) is 30.7 Å². The van der Waals surface area contributed by atoms with Gasteiger partial charge in [0.2, 0.25) is 5.91 Å². The first-order chi connectivity index (χ1) is 21.5. The minimum atomic E-state index is -1.05. The zero-order chi connectivity index (χ0) is 32.1. The fraction of sp³-hybridized carbons (Fsp3) is 0.250. The molecule has 0 fully saturated rings. The van der Waals surface area contributed by atoms with Gasteiger partial charge in [-0.15, -0.1) is 11.8 Å². The summed E-state index contributed by atoms with van der Waals surface area (Å²) in [4.78, 5) is 40.0. The van der Waals surface area contributed by atoms with Crippen LogP contribution in [0, 0.1) is 0 Å². The van der Waals surface area contributed by atoms with E-state index in [0.717, 1.165) is 33.4 Å². The minimum Gasteiger partial charge on any atom is -0.481 e. The van der Waals surface area contributed by atoms with Gasteiger partial charge in [-0.25, -0.2) is 4.79 Å². The summed E-state index contributed by atoms with van der Waals surface area (Å²) in [7, 11) is 0. The van der Waals surface area contributed by atoms with E-state index >= 15 is 0 Å². The molecule has 0 saturated heterocycles. The third kappa shape index (κ3) is 8.26. The van der Waals surface area contributed by atoms with Crippen molar-refractivity contribution in [1.29, 1.82) is 0 Å². The Bertz CT molecular complexity index is 1690. The van der Waals surface area contributed by atoms with Crippen LogP contribution >= 0.6 is 23.4 Å². The third-order valence-corrected chi connectivity index (χ3v) is 8.99. The molecule has 1 aliphatic heterocycles. The zero-order valence-corrected chi connectivity index (χ0v) is 26.9. The van der Waals surface area contributed by atoms with Crippen LogP contribution in [0.2, 0.25) is 5.02 Å². The van der Waals surface area contributed by atoms with Gasteiger partial charge in [-0.3, -0.25) is 9.59 Å². The molecular weight excluding hydrogens is 608 g/mol. The number of amides is 2. The number of benzene rings is 4. The van der Waals surface area contributed by atoms with Crippen molar-refractivity contribution in [3.8, 4) is 11.1 Å². The molecule has 7 nitrogen and oxygen atoms in total. The first kappa shape index (κ1) is 32.1. The molecule has 0 spiro atoms. The number of ether oxygens (including phenoxy) is 1. The highest BCUT2D eigenvalue weighted by molar-refractivity contribution is 8.01. The van der Waals surface area contributed by atoms with Crippen LogP contribution in [0.1, 0.15) is 54.7 Å². The largest absolute Gasteiger partial charge is 0.481 e. The molecule has 1 heterocycles. The van der Waals surface area contributed by atoms with Crippen LogP contribution in [0.25, 0.3) is 11.1 Å². The Kier molecular flexibility index (Phi) is 9.85. The van der Waals surface area contributed by atoms with Gasteiger partial charge < -0.3 is 20.1 Å². The summed E-state index contributed by atoms with van der Waals surface area (Å²) < 4.78 is 5.37. The van der Waals surface area contributed by atoms with Gasteiger partial charge in [0, 0.05) is 17.3 Å². The van der Waals surface area contributed by atoms with Gasteiger partial charge in [-0.2, -0.15) is 0 Å².